The van der Waals surface area contributed by atoms with Crippen LogP contribution in [0.4, 0.5) is 5.00 Å². The molecule has 0 radical (unpaired) electrons. The number of sulfonamides is 1. The predicted molar refractivity (Wildman–Crippen MR) is 127 cm³/mol. The van der Waals surface area contributed by atoms with Crippen LogP contribution in [0.25, 0.3) is 6.08 Å². The number of aryl methyl sites for hydroxylation is 1. The summed E-state index contributed by atoms with van der Waals surface area (Å²) >= 11 is 1.31. The van der Waals surface area contributed by atoms with E-state index in [1.54, 1.807) is 37.3 Å². The van der Waals surface area contributed by atoms with Crippen molar-refractivity contribution in [3.63, 3.8) is 0 Å². The van der Waals surface area contributed by atoms with Crippen molar-refractivity contribution < 1.29 is 27.2 Å². The highest BCUT2D eigenvalue weighted by molar-refractivity contribution is 7.89. The first-order chi connectivity index (χ1) is 15.7. The molecule has 2 aromatic heterocycles. The number of rotatable bonds is 9. The third-order valence-corrected chi connectivity index (χ3v) is 7.28. The number of ether oxygens (including phenoxy) is 1. The molecule has 10 heteroatoms. The Labute approximate surface area is 196 Å². The van der Waals surface area contributed by atoms with Crippen LogP contribution in [0.2, 0.25) is 0 Å². The van der Waals surface area contributed by atoms with E-state index in [9.17, 15) is 18.0 Å². The fraction of sp³-hybridized carbons (Fsp3) is 0.217. The van der Waals surface area contributed by atoms with Gasteiger partial charge < -0.3 is 14.5 Å². The van der Waals surface area contributed by atoms with Crippen LogP contribution in [-0.4, -0.2) is 26.9 Å². The number of carbonyl (C=O) groups excluding carboxylic acids is 2. The predicted octanol–water partition coefficient (Wildman–Crippen LogP) is 4.27. The van der Waals surface area contributed by atoms with Gasteiger partial charge in [0, 0.05) is 11.0 Å². The van der Waals surface area contributed by atoms with E-state index in [4.69, 9.17) is 9.15 Å². The Morgan fingerprint density at radius 3 is 2.52 bits per heavy atom. The molecule has 0 bridgehead atoms. The minimum absolute atomic E-state index is 0.0482. The van der Waals surface area contributed by atoms with Gasteiger partial charge >= 0.3 is 5.97 Å². The van der Waals surface area contributed by atoms with Gasteiger partial charge in [-0.15, -0.1) is 11.3 Å². The van der Waals surface area contributed by atoms with Crippen molar-refractivity contribution in [3.05, 3.63) is 76.1 Å². The van der Waals surface area contributed by atoms with Gasteiger partial charge in [-0.2, -0.15) is 0 Å². The highest BCUT2D eigenvalue weighted by Gasteiger charge is 2.21. The van der Waals surface area contributed by atoms with Gasteiger partial charge in [-0.05, 0) is 62.2 Å². The molecule has 0 atom stereocenters. The van der Waals surface area contributed by atoms with Crippen molar-refractivity contribution >= 4 is 44.3 Å². The van der Waals surface area contributed by atoms with Gasteiger partial charge in [-0.3, -0.25) is 4.79 Å². The number of carbonyl (C=O) groups is 2. The molecule has 0 unspecified atom stereocenters. The molecule has 0 spiro atoms. The Hall–Kier alpha value is -3.21. The molecular weight excluding hydrogens is 464 g/mol. The van der Waals surface area contributed by atoms with Crippen molar-refractivity contribution in [1.29, 1.82) is 0 Å². The second-order valence-electron chi connectivity index (χ2n) is 7.00. The smallest absolute Gasteiger partial charge is 0.341 e. The second-order valence-corrected chi connectivity index (χ2v) is 10.00. The topological polar surface area (TPSA) is 115 Å². The number of furan rings is 1. The summed E-state index contributed by atoms with van der Waals surface area (Å²) in [5.74, 6) is -0.388. The quantitative estimate of drug-likeness (QED) is 0.343. The molecule has 0 fully saturated rings. The zero-order valence-electron chi connectivity index (χ0n) is 18.4. The third kappa shape index (κ3) is 6.19. The average Bonchev–Trinajstić information content (AvgIpc) is 3.39. The van der Waals surface area contributed by atoms with Crippen LogP contribution in [-0.2, 0) is 26.1 Å². The highest BCUT2D eigenvalue weighted by atomic mass is 32.2. The zero-order valence-corrected chi connectivity index (χ0v) is 20.0. The maximum absolute atomic E-state index is 12.4. The van der Waals surface area contributed by atoms with Gasteiger partial charge in [-0.25, -0.2) is 17.9 Å². The second kappa shape index (κ2) is 10.6. The van der Waals surface area contributed by atoms with E-state index >= 15 is 0 Å². The minimum Gasteiger partial charge on any atom is -0.468 e. The molecule has 0 aliphatic rings. The maximum atomic E-state index is 12.4. The summed E-state index contributed by atoms with van der Waals surface area (Å²) in [6.45, 7) is 5.69. The van der Waals surface area contributed by atoms with Gasteiger partial charge in [0.2, 0.25) is 15.9 Å². The van der Waals surface area contributed by atoms with E-state index in [1.165, 1.54) is 35.8 Å². The number of thiophene rings is 1. The number of esters is 1. The summed E-state index contributed by atoms with van der Waals surface area (Å²) in [7, 11) is -3.70. The normalized spacial score (nSPS) is 11.6. The zero-order chi connectivity index (χ0) is 24.0. The van der Waals surface area contributed by atoms with Crippen LogP contribution in [0.5, 0.6) is 0 Å². The molecule has 1 aromatic carbocycles. The summed E-state index contributed by atoms with van der Waals surface area (Å²) < 4.78 is 37.5. The Morgan fingerprint density at radius 2 is 1.88 bits per heavy atom. The Bertz CT molecular complexity index is 1260. The van der Waals surface area contributed by atoms with Gasteiger partial charge in [0.05, 0.1) is 29.9 Å². The lowest BCUT2D eigenvalue weighted by Crippen LogP contribution is -2.22. The van der Waals surface area contributed by atoms with E-state index in [0.29, 0.717) is 21.9 Å². The fourth-order valence-corrected chi connectivity index (χ4v) is 4.96. The van der Waals surface area contributed by atoms with Crippen LogP contribution < -0.4 is 10.0 Å². The molecule has 0 saturated heterocycles. The standard InChI is InChI=1S/C23H24N2O6S2/c1-4-30-23(27)21-15(2)16(3)32-22(21)25-20(26)12-9-17-7-10-19(11-8-17)33(28,29)24-14-18-6-5-13-31-18/h5-13,24H,4,14H2,1-3H3,(H,25,26). The first kappa shape index (κ1) is 24.4. The SMILES string of the molecule is CCOC(=O)c1c(NC(=O)C=Cc2ccc(S(=O)(=O)NCc3ccco3)cc2)sc(C)c1C. The van der Waals surface area contributed by atoms with Crippen molar-refractivity contribution in [2.75, 3.05) is 11.9 Å². The monoisotopic (exact) mass is 488 g/mol. The fourth-order valence-electron chi connectivity index (χ4n) is 2.91. The molecule has 2 N–H and O–H groups in total. The molecule has 3 aromatic rings. The van der Waals surface area contributed by atoms with Crippen LogP contribution in [0.3, 0.4) is 0 Å². The summed E-state index contributed by atoms with van der Waals surface area (Å²) in [6.07, 6.45) is 4.34. The minimum atomic E-state index is -3.70. The number of amides is 1. The third-order valence-electron chi connectivity index (χ3n) is 4.74. The molecule has 0 saturated carbocycles. The number of benzene rings is 1. The highest BCUT2D eigenvalue weighted by Crippen LogP contribution is 2.33. The average molecular weight is 489 g/mol. The number of nitrogens with one attached hydrogen (secondary N) is 2. The lowest BCUT2D eigenvalue weighted by molar-refractivity contribution is -0.111. The number of hydrogen-bond acceptors (Lipinski definition) is 7. The molecular formula is C23H24N2O6S2. The van der Waals surface area contributed by atoms with E-state index in [0.717, 1.165) is 10.4 Å². The van der Waals surface area contributed by atoms with E-state index in [2.05, 4.69) is 10.0 Å². The first-order valence-corrected chi connectivity index (χ1v) is 12.4. The Balaban J connectivity index is 1.65. The summed E-state index contributed by atoms with van der Waals surface area (Å²) in [5.41, 5.74) is 1.77. The van der Waals surface area contributed by atoms with Crippen LogP contribution >= 0.6 is 11.3 Å². The van der Waals surface area contributed by atoms with Gasteiger partial charge in [0.25, 0.3) is 0 Å². The van der Waals surface area contributed by atoms with Crippen molar-refractivity contribution in [3.8, 4) is 0 Å². The summed E-state index contributed by atoms with van der Waals surface area (Å²) in [6, 6.07) is 9.44. The maximum Gasteiger partial charge on any atom is 0.341 e. The molecule has 2 heterocycles. The molecule has 1 amide bonds. The molecule has 33 heavy (non-hydrogen) atoms. The first-order valence-electron chi connectivity index (χ1n) is 10.1. The molecule has 0 aliphatic heterocycles. The lowest BCUT2D eigenvalue weighted by Gasteiger charge is -2.06. The molecule has 0 aliphatic carbocycles. The van der Waals surface area contributed by atoms with E-state index in [1.807, 2.05) is 13.8 Å². The van der Waals surface area contributed by atoms with Crippen LogP contribution in [0.15, 0.2) is 58.1 Å². The Kier molecular flexibility index (Phi) is 7.85. The van der Waals surface area contributed by atoms with E-state index < -0.39 is 21.9 Å². The molecule has 3 rings (SSSR count). The molecule has 8 nitrogen and oxygen atoms in total. The number of anilines is 1. The van der Waals surface area contributed by atoms with Crippen molar-refractivity contribution in [1.82, 2.24) is 4.72 Å². The number of hydrogen-bond donors (Lipinski definition) is 2. The van der Waals surface area contributed by atoms with Crippen LogP contribution in [0, 0.1) is 13.8 Å². The largest absolute Gasteiger partial charge is 0.468 e. The van der Waals surface area contributed by atoms with Gasteiger partial charge in [0.15, 0.2) is 0 Å². The summed E-state index contributed by atoms with van der Waals surface area (Å²) in [5, 5.41) is 3.16. The lowest BCUT2D eigenvalue weighted by atomic mass is 10.1. The Morgan fingerprint density at radius 1 is 1.15 bits per heavy atom. The van der Waals surface area contributed by atoms with Gasteiger partial charge in [0.1, 0.15) is 10.8 Å². The van der Waals surface area contributed by atoms with Gasteiger partial charge in [-0.1, -0.05) is 12.1 Å². The van der Waals surface area contributed by atoms with Crippen molar-refractivity contribution in [2.45, 2.75) is 32.2 Å². The van der Waals surface area contributed by atoms with E-state index in [-0.39, 0.29) is 18.0 Å². The molecule has 174 valence electrons. The van der Waals surface area contributed by atoms with Crippen LogP contribution in [0.1, 0.15) is 39.0 Å². The van der Waals surface area contributed by atoms with Crippen molar-refractivity contribution in [2.24, 2.45) is 0 Å². The summed E-state index contributed by atoms with van der Waals surface area (Å²) in [4.78, 5) is 25.7.